The summed E-state index contributed by atoms with van der Waals surface area (Å²) < 4.78 is 5.65. The molecule has 3 heteroatoms. The molecule has 0 aliphatic rings. The molecule has 116 valence electrons. The van der Waals surface area contributed by atoms with Gasteiger partial charge in [0.05, 0.1) is 0 Å². The Morgan fingerprint density at radius 2 is 1.09 bits per heavy atom. The lowest BCUT2D eigenvalue weighted by Gasteiger charge is -2.19. The highest BCUT2D eigenvalue weighted by Gasteiger charge is 2.25. The van der Waals surface area contributed by atoms with E-state index in [1.54, 1.807) is 48.5 Å². The smallest absolute Gasteiger partial charge is 0.195 e. The van der Waals surface area contributed by atoms with Crippen LogP contribution >= 0.6 is 0 Å². The van der Waals surface area contributed by atoms with Crippen molar-refractivity contribution in [1.29, 1.82) is 0 Å². The molecule has 0 N–H and O–H groups in total. The van der Waals surface area contributed by atoms with Gasteiger partial charge >= 0.3 is 0 Å². The minimum absolute atomic E-state index is 0.242. The van der Waals surface area contributed by atoms with Crippen molar-refractivity contribution in [2.75, 3.05) is 0 Å². The number of carbonyl (C=O) groups is 2. The van der Waals surface area contributed by atoms with Crippen LogP contribution in [0.5, 0.6) is 0 Å². The minimum Gasteiger partial charge on any atom is -0.350 e. The van der Waals surface area contributed by atoms with Gasteiger partial charge in [-0.05, 0) is 0 Å². The van der Waals surface area contributed by atoms with Crippen LogP contribution in [0.1, 0.15) is 20.7 Å². The summed E-state index contributed by atoms with van der Waals surface area (Å²) in [6, 6.07) is 17.5. The fourth-order valence-corrected chi connectivity index (χ4v) is 2.14. The lowest BCUT2D eigenvalue weighted by molar-refractivity contribution is 0.0329. The number of ether oxygens (including phenoxy) is 1. The molecule has 2 aromatic carbocycles. The van der Waals surface area contributed by atoms with Crippen molar-refractivity contribution >= 4 is 11.6 Å². The largest absolute Gasteiger partial charge is 0.350 e. The van der Waals surface area contributed by atoms with Crippen molar-refractivity contribution in [1.82, 2.24) is 0 Å². The van der Waals surface area contributed by atoms with E-state index in [0.717, 1.165) is 0 Å². The van der Waals surface area contributed by atoms with Crippen LogP contribution in [-0.4, -0.2) is 23.8 Å². The van der Waals surface area contributed by atoms with Gasteiger partial charge in [0.2, 0.25) is 0 Å². The first-order chi connectivity index (χ1) is 11.2. The van der Waals surface area contributed by atoms with Crippen LogP contribution in [0, 0.1) is 0 Å². The molecule has 3 nitrogen and oxygen atoms in total. The number of carbonyl (C=O) groups excluding carboxylic acids is 2. The Bertz CT molecular complexity index is 628. The number of hydrogen-bond acceptors (Lipinski definition) is 3. The fourth-order valence-electron chi connectivity index (χ4n) is 2.14. The second-order valence-corrected chi connectivity index (χ2v) is 4.91. The van der Waals surface area contributed by atoms with E-state index < -0.39 is 12.2 Å². The monoisotopic (exact) mass is 306 g/mol. The molecule has 23 heavy (non-hydrogen) atoms. The van der Waals surface area contributed by atoms with Gasteiger partial charge in [-0.2, -0.15) is 0 Å². The van der Waals surface area contributed by atoms with Gasteiger partial charge in [-0.3, -0.25) is 9.59 Å². The summed E-state index contributed by atoms with van der Waals surface area (Å²) in [5.41, 5.74) is 1.01. The van der Waals surface area contributed by atoms with Crippen molar-refractivity contribution in [3.05, 3.63) is 97.1 Å². The molecule has 0 spiro atoms. The standard InChI is InChI=1S/C20H18O3/c1-3-17(19(21)15-11-7-5-8-12-15)23-18(4-2)20(22)16-13-9-6-10-14-16/h3-14,17-18H,1-2H2. The molecule has 0 saturated carbocycles. The van der Waals surface area contributed by atoms with Gasteiger partial charge in [-0.25, -0.2) is 0 Å². The van der Waals surface area contributed by atoms with Crippen molar-refractivity contribution in [2.45, 2.75) is 12.2 Å². The maximum Gasteiger partial charge on any atom is 0.195 e. The maximum absolute atomic E-state index is 12.4. The van der Waals surface area contributed by atoms with Gasteiger partial charge in [0, 0.05) is 11.1 Å². The molecule has 0 aliphatic heterocycles. The highest BCUT2D eigenvalue weighted by molar-refractivity contribution is 6.02. The Kier molecular flexibility index (Phi) is 5.78. The SMILES string of the molecule is C=CC(OC(C=C)C(=O)c1ccccc1)C(=O)c1ccccc1. The highest BCUT2D eigenvalue weighted by atomic mass is 16.5. The van der Waals surface area contributed by atoms with E-state index in [1.807, 2.05) is 12.1 Å². The van der Waals surface area contributed by atoms with Crippen molar-refractivity contribution in [3.63, 3.8) is 0 Å². The first-order valence-corrected chi connectivity index (χ1v) is 7.26. The lowest BCUT2D eigenvalue weighted by atomic mass is 10.0. The number of Topliss-reactive ketones (excluding diaryl/α,β-unsaturated/α-hetero) is 2. The Hall–Kier alpha value is -2.78. The third-order valence-electron chi connectivity index (χ3n) is 3.35. The molecule has 0 aliphatic carbocycles. The van der Waals surface area contributed by atoms with Gasteiger partial charge < -0.3 is 4.74 Å². The number of benzene rings is 2. The zero-order chi connectivity index (χ0) is 16.7. The van der Waals surface area contributed by atoms with Crippen LogP contribution < -0.4 is 0 Å². The summed E-state index contributed by atoms with van der Waals surface area (Å²) in [6.45, 7) is 7.27. The Labute approximate surface area is 135 Å². The lowest BCUT2D eigenvalue weighted by Crippen LogP contribution is -2.31. The van der Waals surface area contributed by atoms with Gasteiger partial charge in [-0.1, -0.05) is 72.8 Å². The summed E-state index contributed by atoms with van der Waals surface area (Å²) in [6.07, 6.45) is 0.968. The normalized spacial score (nSPS) is 12.9. The van der Waals surface area contributed by atoms with Crippen LogP contribution in [0.2, 0.25) is 0 Å². The quantitative estimate of drug-likeness (QED) is 0.549. The molecule has 0 aromatic heterocycles. The summed E-state index contributed by atoms with van der Waals surface area (Å²) in [5.74, 6) is -0.485. The van der Waals surface area contributed by atoms with Crippen LogP contribution in [0.3, 0.4) is 0 Å². The maximum atomic E-state index is 12.4. The topological polar surface area (TPSA) is 43.4 Å². The van der Waals surface area contributed by atoms with E-state index in [9.17, 15) is 9.59 Å². The van der Waals surface area contributed by atoms with E-state index in [-0.39, 0.29) is 11.6 Å². The van der Waals surface area contributed by atoms with Crippen LogP contribution in [0.4, 0.5) is 0 Å². The number of ketones is 2. The molecular weight excluding hydrogens is 288 g/mol. The molecule has 2 aromatic rings. The summed E-state index contributed by atoms with van der Waals surface area (Å²) in [4.78, 5) is 24.9. The van der Waals surface area contributed by atoms with Gasteiger partial charge in [0.15, 0.2) is 11.6 Å². The molecule has 0 amide bonds. The predicted molar refractivity (Wildman–Crippen MR) is 90.6 cm³/mol. The van der Waals surface area contributed by atoms with Crippen LogP contribution in [0.25, 0.3) is 0 Å². The van der Waals surface area contributed by atoms with E-state index in [4.69, 9.17) is 4.74 Å². The average molecular weight is 306 g/mol. The minimum atomic E-state index is -0.909. The zero-order valence-electron chi connectivity index (χ0n) is 12.7. The number of hydrogen-bond donors (Lipinski definition) is 0. The van der Waals surface area contributed by atoms with E-state index in [0.29, 0.717) is 11.1 Å². The van der Waals surface area contributed by atoms with E-state index in [2.05, 4.69) is 13.2 Å². The third-order valence-corrected chi connectivity index (χ3v) is 3.35. The van der Waals surface area contributed by atoms with Gasteiger partial charge in [0.1, 0.15) is 12.2 Å². The Morgan fingerprint density at radius 1 is 0.739 bits per heavy atom. The predicted octanol–water partition coefficient (Wildman–Crippen LogP) is 3.88. The van der Waals surface area contributed by atoms with Crippen molar-refractivity contribution < 1.29 is 14.3 Å². The Morgan fingerprint density at radius 3 is 1.39 bits per heavy atom. The van der Waals surface area contributed by atoms with Gasteiger partial charge in [-0.15, -0.1) is 13.2 Å². The average Bonchev–Trinajstić information content (AvgIpc) is 2.63. The van der Waals surface area contributed by atoms with Crippen LogP contribution in [0.15, 0.2) is 86.0 Å². The third kappa shape index (κ3) is 4.11. The fraction of sp³-hybridized carbons (Fsp3) is 0.100. The van der Waals surface area contributed by atoms with Crippen molar-refractivity contribution in [2.24, 2.45) is 0 Å². The molecule has 0 bridgehead atoms. The summed E-state index contributed by atoms with van der Waals surface area (Å²) in [7, 11) is 0. The molecule has 2 unspecified atom stereocenters. The zero-order valence-corrected chi connectivity index (χ0v) is 12.7. The molecule has 0 saturated heterocycles. The second kappa shape index (κ2) is 8.01. The molecule has 2 rings (SSSR count). The Balaban J connectivity index is 2.16. The molecule has 0 radical (unpaired) electrons. The summed E-state index contributed by atoms with van der Waals surface area (Å²) in [5, 5.41) is 0. The second-order valence-electron chi connectivity index (χ2n) is 4.91. The van der Waals surface area contributed by atoms with Gasteiger partial charge in [0.25, 0.3) is 0 Å². The first kappa shape index (κ1) is 16.6. The molecular formula is C20H18O3. The van der Waals surface area contributed by atoms with E-state index in [1.165, 1.54) is 12.2 Å². The molecule has 2 atom stereocenters. The van der Waals surface area contributed by atoms with Crippen LogP contribution in [-0.2, 0) is 4.74 Å². The molecule has 0 heterocycles. The number of rotatable bonds is 8. The summed E-state index contributed by atoms with van der Waals surface area (Å²) >= 11 is 0. The first-order valence-electron chi connectivity index (χ1n) is 7.26. The van der Waals surface area contributed by atoms with E-state index >= 15 is 0 Å². The molecule has 0 fully saturated rings. The van der Waals surface area contributed by atoms with Crippen molar-refractivity contribution in [3.8, 4) is 0 Å². The highest BCUT2D eigenvalue weighted by Crippen LogP contribution is 2.14.